The van der Waals surface area contributed by atoms with Crippen LogP contribution in [0.2, 0.25) is 0 Å². The Morgan fingerprint density at radius 1 is 0.818 bits per heavy atom. The molecule has 22 heavy (non-hydrogen) atoms. The number of nitrogens with one attached hydrogen (secondary N) is 2. The van der Waals surface area contributed by atoms with Crippen LogP contribution < -0.4 is 10.6 Å². The predicted octanol–water partition coefficient (Wildman–Crippen LogP) is 3.35. The summed E-state index contributed by atoms with van der Waals surface area (Å²) in [5.41, 5.74) is 2.16. The lowest BCUT2D eigenvalue weighted by atomic mass is 10.2. The normalized spacial score (nSPS) is 24.7. The fourth-order valence-corrected chi connectivity index (χ4v) is 4.64. The zero-order valence-electron chi connectivity index (χ0n) is 12.3. The van der Waals surface area contributed by atoms with Crippen LogP contribution in [0.25, 0.3) is 0 Å². The smallest absolute Gasteiger partial charge is 0.189 e. The van der Waals surface area contributed by atoms with Crippen LogP contribution in [0, 0.1) is 0 Å². The molecule has 2 aliphatic heterocycles. The summed E-state index contributed by atoms with van der Waals surface area (Å²) in [6.07, 6.45) is 3.38. The van der Waals surface area contributed by atoms with Crippen LogP contribution in [-0.2, 0) is 9.59 Å². The van der Waals surface area contributed by atoms with Gasteiger partial charge in [-0.2, -0.15) is 0 Å². The van der Waals surface area contributed by atoms with Gasteiger partial charge in [0.15, 0.2) is 10.2 Å². The number of rotatable bonds is 6. The number of hydrogen-bond donors (Lipinski definition) is 2. The Bertz CT molecular complexity index is 499. The van der Waals surface area contributed by atoms with E-state index >= 15 is 0 Å². The van der Waals surface area contributed by atoms with Crippen molar-refractivity contribution in [3.05, 3.63) is 24.3 Å². The Balaban J connectivity index is 1.42. The van der Waals surface area contributed by atoms with Gasteiger partial charge in [-0.25, -0.2) is 0 Å². The Kier molecular flexibility index (Phi) is 5.31. The third-order valence-electron chi connectivity index (χ3n) is 3.89. The van der Waals surface area contributed by atoms with Crippen molar-refractivity contribution in [3.8, 4) is 0 Å². The van der Waals surface area contributed by atoms with E-state index in [1.54, 1.807) is 0 Å². The lowest BCUT2D eigenvalue weighted by Gasteiger charge is -2.13. The van der Waals surface area contributed by atoms with Crippen molar-refractivity contribution < 1.29 is 9.59 Å². The number of hydrogen-bond acceptors (Lipinski definition) is 6. The van der Waals surface area contributed by atoms with Gasteiger partial charge >= 0.3 is 0 Å². The molecule has 1 aromatic rings. The molecule has 2 atom stereocenters. The first kappa shape index (κ1) is 15.7. The summed E-state index contributed by atoms with van der Waals surface area (Å²) in [5, 5.41) is 8.21. The third kappa shape index (κ3) is 4.43. The van der Waals surface area contributed by atoms with Crippen LogP contribution >= 0.6 is 23.5 Å². The molecule has 118 valence electrons. The molecule has 2 unspecified atom stereocenters. The maximum absolute atomic E-state index is 11.2. The molecule has 6 heteroatoms. The van der Waals surface area contributed by atoms with Crippen molar-refractivity contribution in [3.63, 3.8) is 0 Å². The number of carbonyl (C=O) groups is 2. The fraction of sp³-hybridized carbons (Fsp3) is 0.500. The van der Waals surface area contributed by atoms with Gasteiger partial charge in [0.05, 0.1) is 0 Å². The van der Waals surface area contributed by atoms with E-state index in [-0.39, 0.29) is 0 Å². The number of thioether (sulfide) groups is 2. The molecule has 0 aromatic heterocycles. The van der Waals surface area contributed by atoms with E-state index in [0.717, 1.165) is 37.3 Å². The van der Waals surface area contributed by atoms with E-state index < -0.39 is 0 Å². The topological polar surface area (TPSA) is 58.2 Å². The van der Waals surface area contributed by atoms with Gasteiger partial charge in [-0.05, 0) is 37.1 Å². The Morgan fingerprint density at radius 3 is 1.55 bits per heavy atom. The lowest BCUT2D eigenvalue weighted by molar-refractivity contribution is -0.111. The minimum atomic E-state index is 0.314. The maximum Gasteiger partial charge on any atom is 0.189 e. The highest BCUT2D eigenvalue weighted by atomic mass is 32.2. The molecule has 4 nitrogen and oxygen atoms in total. The predicted molar refractivity (Wildman–Crippen MR) is 94.7 cm³/mol. The van der Waals surface area contributed by atoms with Crippen molar-refractivity contribution in [1.29, 1.82) is 0 Å². The monoisotopic (exact) mass is 336 g/mol. The van der Waals surface area contributed by atoms with Crippen molar-refractivity contribution in [2.75, 3.05) is 23.7 Å². The van der Waals surface area contributed by atoms with Crippen molar-refractivity contribution in [2.45, 2.75) is 36.2 Å². The van der Waals surface area contributed by atoms with Crippen LogP contribution in [0.15, 0.2) is 24.3 Å². The van der Waals surface area contributed by atoms with E-state index in [1.165, 1.54) is 23.5 Å². The Morgan fingerprint density at radius 2 is 1.23 bits per heavy atom. The van der Waals surface area contributed by atoms with E-state index in [4.69, 9.17) is 0 Å². The summed E-state index contributed by atoms with van der Waals surface area (Å²) in [6.45, 7) is 1.67. The zero-order valence-corrected chi connectivity index (χ0v) is 14.0. The van der Waals surface area contributed by atoms with Crippen LogP contribution in [-0.4, -0.2) is 33.8 Å². The summed E-state index contributed by atoms with van der Waals surface area (Å²) >= 11 is 2.93. The molecule has 2 N–H and O–H groups in total. The zero-order chi connectivity index (χ0) is 15.4. The second-order valence-electron chi connectivity index (χ2n) is 5.64. The highest BCUT2D eigenvalue weighted by molar-refractivity contribution is 8.14. The lowest BCUT2D eigenvalue weighted by Crippen LogP contribution is -2.14. The van der Waals surface area contributed by atoms with Gasteiger partial charge in [0, 0.05) is 47.8 Å². The van der Waals surface area contributed by atoms with Crippen molar-refractivity contribution in [2.24, 2.45) is 0 Å². The first-order chi connectivity index (χ1) is 10.7. The van der Waals surface area contributed by atoms with E-state index in [2.05, 4.69) is 34.9 Å². The first-order valence-electron chi connectivity index (χ1n) is 7.66. The Labute approximate surface area is 139 Å². The average Bonchev–Trinajstić information content (AvgIpc) is 3.12. The molecule has 0 aliphatic carbocycles. The molecular formula is C16H20N2O2S2. The van der Waals surface area contributed by atoms with E-state index in [9.17, 15) is 9.59 Å². The highest BCUT2D eigenvalue weighted by Crippen LogP contribution is 2.29. The maximum atomic E-state index is 11.2. The molecular weight excluding hydrogens is 316 g/mol. The standard InChI is InChI=1S/C16H20N2O2S2/c19-15-7-5-13(21-15)9-17-11-1-2-12(4-3-11)18-10-14-6-8-16(20)22-14/h1-4,13-14,17-18H,5-10H2. The Hall–Kier alpha value is -1.14. The number of anilines is 2. The summed E-state index contributed by atoms with van der Waals surface area (Å²) in [5.74, 6) is 0. The van der Waals surface area contributed by atoms with Gasteiger partial charge in [-0.1, -0.05) is 23.5 Å². The van der Waals surface area contributed by atoms with Gasteiger partial charge in [0.2, 0.25) is 0 Å². The SMILES string of the molecule is O=C1CCC(CNc2ccc(NCC3CCC(=O)S3)cc2)S1. The number of carbonyl (C=O) groups excluding carboxylic acids is 2. The molecule has 2 aliphatic rings. The fourth-order valence-electron chi connectivity index (χ4n) is 2.62. The molecule has 2 saturated heterocycles. The summed E-state index contributed by atoms with van der Waals surface area (Å²) in [7, 11) is 0. The van der Waals surface area contributed by atoms with Crippen LogP contribution in [0.3, 0.4) is 0 Å². The second-order valence-corrected chi connectivity index (χ2v) is 8.36. The minimum Gasteiger partial charge on any atom is -0.384 e. The van der Waals surface area contributed by atoms with E-state index in [1.807, 2.05) is 0 Å². The first-order valence-corrected chi connectivity index (χ1v) is 9.42. The summed E-state index contributed by atoms with van der Waals surface area (Å²) in [4.78, 5) is 22.4. The molecule has 0 saturated carbocycles. The second kappa shape index (κ2) is 7.42. The molecule has 2 fully saturated rings. The third-order valence-corrected chi connectivity index (χ3v) is 6.30. The van der Waals surface area contributed by atoms with Crippen molar-refractivity contribution >= 4 is 45.1 Å². The molecule has 0 bridgehead atoms. The van der Waals surface area contributed by atoms with Crippen LogP contribution in [0.5, 0.6) is 0 Å². The van der Waals surface area contributed by atoms with Gasteiger partial charge in [0.1, 0.15) is 0 Å². The van der Waals surface area contributed by atoms with Gasteiger partial charge < -0.3 is 10.6 Å². The highest BCUT2D eigenvalue weighted by Gasteiger charge is 2.23. The summed E-state index contributed by atoms with van der Waals surface area (Å²) in [6, 6.07) is 8.21. The minimum absolute atomic E-state index is 0.314. The molecule has 2 heterocycles. The molecule has 1 aromatic carbocycles. The largest absolute Gasteiger partial charge is 0.384 e. The molecule has 0 radical (unpaired) electrons. The summed E-state index contributed by atoms with van der Waals surface area (Å²) < 4.78 is 0. The van der Waals surface area contributed by atoms with E-state index in [0.29, 0.717) is 33.6 Å². The quantitative estimate of drug-likeness (QED) is 0.831. The number of benzene rings is 1. The van der Waals surface area contributed by atoms with Gasteiger partial charge in [-0.15, -0.1) is 0 Å². The van der Waals surface area contributed by atoms with Crippen LogP contribution in [0.4, 0.5) is 11.4 Å². The molecule has 0 amide bonds. The molecule has 0 spiro atoms. The van der Waals surface area contributed by atoms with Crippen molar-refractivity contribution in [1.82, 2.24) is 0 Å². The van der Waals surface area contributed by atoms with Gasteiger partial charge in [-0.3, -0.25) is 9.59 Å². The average molecular weight is 336 g/mol. The van der Waals surface area contributed by atoms with Gasteiger partial charge in [0.25, 0.3) is 0 Å². The van der Waals surface area contributed by atoms with Crippen LogP contribution in [0.1, 0.15) is 25.7 Å². The molecule has 3 rings (SSSR count).